The number of benzene rings is 4. The Bertz CT molecular complexity index is 2710. The van der Waals surface area contributed by atoms with Crippen molar-refractivity contribution in [2.24, 2.45) is 0 Å². The lowest BCUT2D eigenvalue weighted by molar-refractivity contribution is -0.385. The second kappa shape index (κ2) is 21.6. The fourth-order valence-electron chi connectivity index (χ4n) is 8.73. The molecule has 1 unspecified atom stereocenters. The number of carbonyl (C=O) groups is 3. The molecule has 1 fully saturated rings. The maximum absolute atomic E-state index is 14.8. The highest BCUT2D eigenvalue weighted by molar-refractivity contribution is 7.44. The van der Waals surface area contributed by atoms with Crippen LogP contribution in [0.3, 0.4) is 0 Å². The van der Waals surface area contributed by atoms with E-state index < -0.39 is 78.2 Å². The molecular weight excluding hydrogens is 910 g/mol. The fraction of sp³-hybridized carbons (Fsp3) is 0.347. The molecule has 2 aliphatic rings. The molecule has 1 N–H and O–H groups in total. The van der Waals surface area contributed by atoms with Gasteiger partial charge in [-0.15, -0.1) is 0 Å². The van der Waals surface area contributed by atoms with Crippen LogP contribution in [0, 0.1) is 21.4 Å². The zero-order valence-corrected chi connectivity index (χ0v) is 39.9. The average molecular weight is 962 g/mol. The maximum atomic E-state index is 14.8. The Balaban J connectivity index is 1.46. The van der Waals surface area contributed by atoms with Crippen LogP contribution in [0.15, 0.2) is 114 Å². The summed E-state index contributed by atoms with van der Waals surface area (Å²) >= 11 is 0. The predicted octanol–water partition coefficient (Wildman–Crippen LogP) is 7.36. The smallest absolute Gasteiger partial charge is 0.351 e. The number of carbonyl (C=O) groups excluding carboxylic acids is 3. The van der Waals surface area contributed by atoms with E-state index in [1.165, 1.54) is 31.3 Å². The van der Waals surface area contributed by atoms with Crippen molar-refractivity contribution in [3.05, 3.63) is 158 Å². The van der Waals surface area contributed by atoms with Crippen LogP contribution in [0.5, 0.6) is 11.5 Å². The molecule has 0 saturated carbocycles. The molecule has 3 amide bonds. The third-order valence-corrected chi connectivity index (χ3v) is 13.8. The van der Waals surface area contributed by atoms with Crippen molar-refractivity contribution in [3.8, 4) is 17.6 Å². The summed E-state index contributed by atoms with van der Waals surface area (Å²) in [7, 11) is 0.939. The highest BCUT2D eigenvalue weighted by Gasteiger charge is 2.58. The van der Waals surface area contributed by atoms with Crippen LogP contribution in [-0.4, -0.2) is 99.5 Å². The minimum atomic E-state index is -2.18. The van der Waals surface area contributed by atoms with Gasteiger partial charge in [0.1, 0.15) is 46.7 Å². The van der Waals surface area contributed by atoms with Crippen LogP contribution >= 0.6 is 8.53 Å². The van der Waals surface area contributed by atoms with Gasteiger partial charge in [-0.1, -0.05) is 60.7 Å². The van der Waals surface area contributed by atoms with Crippen LogP contribution in [-0.2, 0) is 28.9 Å². The molecular formula is C49H52N7O12P. The highest BCUT2D eigenvalue weighted by atomic mass is 31.2. The molecule has 1 aromatic heterocycles. The number of nitro benzene ring substituents is 1. The average Bonchev–Trinajstić information content (AvgIpc) is 3.80. The van der Waals surface area contributed by atoms with Gasteiger partial charge >= 0.3 is 5.69 Å². The zero-order chi connectivity index (χ0) is 49.6. The van der Waals surface area contributed by atoms with Gasteiger partial charge in [-0.2, -0.15) is 10.2 Å². The molecule has 4 aromatic carbocycles. The summed E-state index contributed by atoms with van der Waals surface area (Å²) < 4.78 is 41.8. The first-order valence-corrected chi connectivity index (χ1v) is 23.2. The molecule has 1 saturated heterocycles. The van der Waals surface area contributed by atoms with Gasteiger partial charge in [-0.25, -0.2) is 9.46 Å². The summed E-state index contributed by atoms with van der Waals surface area (Å²) in [5.41, 5.74) is -1.62. The van der Waals surface area contributed by atoms with E-state index in [9.17, 15) is 34.6 Å². The van der Waals surface area contributed by atoms with Gasteiger partial charge in [0.15, 0.2) is 6.23 Å². The molecule has 360 valence electrons. The van der Waals surface area contributed by atoms with Crippen molar-refractivity contribution in [1.82, 2.24) is 19.1 Å². The summed E-state index contributed by atoms with van der Waals surface area (Å²) in [6.07, 6.45) is -2.97. The van der Waals surface area contributed by atoms with Crippen molar-refractivity contribution in [1.29, 1.82) is 5.26 Å². The largest absolute Gasteiger partial charge is 0.497 e. The Hall–Kier alpha value is -6.91. The van der Waals surface area contributed by atoms with Gasteiger partial charge < -0.3 is 33.3 Å². The van der Waals surface area contributed by atoms with Gasteiger partial charge in [-0.3, -0.25) is 34.0 Å². The number of nitriles is 1. The number of aromatic nitrogens is 2. The van der Waals surface area contributed by atoms with Gasteiger partial charge in [0, 0.05) is 31.3 Å². The van der Waals surface area contributed by atoms with E-state index in [4.69, 9.17) is 28.0 Å². The lowest BCUT2D eigenvalue weighted by Crippen LogP contribution is -2.52. The SMILES string of the molecule is COc1ccc(C(OC[C@H]2O[C@@H](n3ccc(NC(C)=O)nc3=O)[C@H](N3C(=O)c4cccc([N+](=O)[O-])c4C3=O)[C@@H]2OP(OCCC#N)N(C(C)C)C(C)C)(c2ccccc2)c2ccc(OC)cc2)cc1. The number of rotatable bonds is 20. The second-order valence-corrected chi connectivity index (χ2v) is 18.0. The summed E-state index contributed by atoms with van der Waals surface area (Å²) in [4.78, 5) is 72.3. The molecule has 20 heteroatoms. The van der Waals surface area contributed by atoms with E-state index in [1.807, 2.05) is 87.0 Å². The van der Waals surface area contributed by atoms with Crippen LogP contribution < -0.4 is 20.5 Å². The molecule has 19 nitrogen and oxygen atoms in total. The standard InChI is InChI=1S/C49H52N7O12P/c1-30(2)55(31(3)4)69(66-28-12-26-50)68-44-40(29-65-49(33-13-9-8-10-14-33,34-17-21-36(63-6)22-18-34)35-19-23-37(64-7)24-20-35)67-47(53-27-25-41(51-32(5)57)52-48(53)60)43(44)54-45(58)38-15-11-16-39(56(61)62)42(38)46(54)59/h8-11,13-25,27,30-31,40,43-44,47H,12,28-29H2,1-7H3,(H,51,52,57,60)/t40-,43-,44-,47-,69?/m1/s1. The van der Waals surface area contributed by atoms with Crippen molar-refractivity contribution in [2.75, 3.05) is 32.8 Å². The van der Waals surface area contributed by atoms with Crippen molar-refractivity contribution >= 4 is 37.8 Å². The number of nitro groups is 1. The number of ether oxygens (including phenoxy) is 4. The molecule has 7 rings (SSSR count). The Morgan fingerprint density at radius 3 is 2.04 bits per heavy atom. The first-order valence-electron chi connectivity index (χ1n) is 22.1. The van der Waals surface area contributed by atoms with Crippen molar-refractivity contribution in [2.45, 2.75) is 83.2 Å². The van der Waals surface area contributed by atoms with E-state index in [2.05, 4.69) is 16.4 Å². The number of nitrogens with one attached hydrogen (secondary N) is 1. The van der Waals surface area contributed by atoms with E-state index in [1.54, 1.807) is 38.5 Å². The lowest BCUT2D eigenvalue weighted by Gasteiger charge is -2.40. The van der Waals surface area contributed by atoms with Crippen molar-refractivity contribution in [3.63, 3.8) is 0 Å². The number of nitrogens with zero attached hydrogens (tertiary/aromatic N) is 6. The van der Waals surface area contributed by atoms with Crippen molar-refractivity contribution < 1.29 is 47.3 Å². The van der Waals surface area contributed by atoms with E-state index in [-0.39, 0.29) is 43.1 Å². The molecule has 0 radical (unpaired) electrons. The van der Waals surface area contributed by atoms with Gasteiger partial charge in [-0.05, 0) is 80.8 Å². The number of fused-ring (bicyclic) bond motifs is 1. The quantitative estimate of drug-likeness (QED) is 0.0201. The monoisotopic (exact) mass is 961 g/mol. The number of anilines is 1. The Morgan fingerprint density at radius 1 is 0.899 bits per heavy atom. The van der Waals surface area contributed by atoms with Gasteiger partial charge in [0.2, 0.25) is 5.91 Å². The first kappa shape index (κ1) is 50.0. The molecule has 69 heavy (non-hydrogen) atoms. The summed E-state index contributed by atoms with van der Waals surface area (Å²) in [6, 6.07) is 29.3. The number of methoxy groups -OCH3 is 2. The topological polar surface area (TPSA) is 227 Å². The normalized spacial score (nSPS) is 18.4. The number of amides is 3. The summed E-state index contributed by atoms with van der Waals surface area (Å²) in [5.74, 6) is -1.33. The highest BCUT2D eigenvalue weighted by Crippen LogP contribution is 2.52. The van der Waals surface area contributed by atoms with Crippen LogP contribution in [0.4, 0.5) is 11.5 Å². The molecule has 0 bridgehead atoms. The third-order valence-electron chi connectivity index (χ3n) is 11.6. The molecule has 5 atom stereocenters. The molecule has 5 aromatic rings. The molecule has 0 aliphatic carbocycles. The molecule has 2 aliphatic heterocycles. The summed E-state index contributed by atoms with van der Waals surface area (Å²) in [6.45, 7) is 8.57. The summed E-state index contributed by atoms with van der Waals surface area (Å²) in [5, 5.41) is 24.4. The third kappa shape index (κ3) is 10.1. The van der Waals surface area contributed by atoms with E-state index in [0.717, 1.165) is 15.5 Å². The second-order valence-electron chi connectivity index (χ2n) is 16.6. The van der Waals surface area contributed by atoms with E-state index in [0.29, 0.717) is 28.2 Å². The van der Waals surface area contributed by atoms with Crippen LogP contribution in [0.25, 0.3) is 0 Å². The zero-order valence-electron chi connectivity index (χ0n) is 39.0. The Kier molecular flexibility index (Phi) is 15.6. The molecule has 0 spiro atoms. The first-order chi connectivity index (χ1) is 33.1. The molecule has 3 heterocycles. The minimum Gasteiger partial charge on any atom is -0.497 e. The maximum Gasteiger partial charge on any atom is 0.351 e. The van der Waals surface area contributed by atoms with Gasteiger partial charge in [0.25, 0.3) is 26.0 Å². The van der Waals surface area contributed by atoms with Gasteiger partial charge in [0.05, 0.1) is 50.4 Å². The Morgan fingerprint density at radius 2 is 1.51 bits per heavy atom. The van der Waals surface area contributed by atoms with E-state index >= 15 is 0 Å². The lowest BCUT2D eigenvalue weighted by atomic mass is 9.80. The van der Waals surface area contributed by atoms with Crippen LogP contribution in [0.1, 0.15) is 84.7 Å². The number of hydrogen-bond acceptors (Lipinski definition) is 15. The Labute approximate surface area is 399 Å². The number of hydrogen-bond donors (Lipinski definition) is 1. The number of imide groups is 1. The predicted molar refractivity (Wildman–Crippen MR) is 252 cm³/mol. The fourth-order valence-corrected chi connectivity index (χ4v) is 10.5. The van der Waals surface area contributed by atoms with Crippen LogP contribution in [0.2, 0.25) is 0 Å². The minimum absolute atomic E-state index is 0.000907.